The van der Waals surface area contributed by atoms with Crippen LogP contribution in [0.3, 0.4) is 0 Å². The third-order valence-electron chi connectivity index (χ3n) is 2.51. The minimum Gasteiger partial charge on any atom is -0.365 e. The van der Waals surface area contributed by atoms with Crippen LogP contribution in [0.4, 0.5) is 11.5 Å². The Morgan fingerprint density at radius 3 is 2.53 bits per heavy atom. The number of nitrogens with zero attached hydrogens (tertiary/aromatic N) is 3. The maximum atomic E-state index is 11.0. The van der Waals surface area contributed by atoms with Crippen LogP contribution in [0.1, 0.15) is 26.6 Å². The highest BCUT2D eigenvalue weighted by atomic mass is 16.6. The zero-order valence-electron chi connectivity index (χ0n) is 11.4. The van der Waals surface area contributed by atoms with Gasteiger partial charge < -0.3 is 5.32 Å². The molecule has 0 saturated carbocycles. The molecule has 0 atom stereocenters. The van der Waals surface area contributed by atoms with Gasteiger partial charge >= 0.3 is 0 Å². The Hall–Kier alpha value is -2.24. The predicted octanol–water partition coefficient (Wildman–Crippen LogP) is 3.06. The van der Waals surface area contributed by atoms with Crippen LogP contribution in [0.5, 0.6) is 0 Å². The van der Waals surface area contributed by atoms with E-state index in [1.54, 1.807) is 19.1 Å². The van der Waals surface area contributed by atoms with Gasteiger partial charge in [-0.1, -0.05) is 6.07 Å². The fraction of sp³-hybridized carbons (Fsp3) is 0.385. The minimum atomic E-state index is -0.421. The first-order valence-corrected chi connectivity index (χ1v) is 5.98. The average Bonchev–Trinajstić information content (AvgIpc) is 2.25. The van der Waals surface area contributed by atoms with Gasteiger partial charge in [0.2, 0.25) is 0 Å². The van der Waals surface area contributed by atoms with Crippen LogP contribution in [0.25, 0.3) is 10.9 Å². The zero-order chi connectivity index (χ0) is 14.2. The summed E-state index contributed by atoms with van der Waals surface area (Å²) in [7, 11) is 0. The van der Waals surface area contributed by atoms with Gasteiger partial charge in [0.25, 0.3) is 5.69 Å². The third-order valence-corrected chi connectivity index (χ3v) is 2.51. The molecule has 1 heterocycles. The molecule has 0 aliphatic heterocycles. The number of non-ortho nitro benzene ring substituents is 1. The Bertz CT molecular complexity index is 647. The van der Waals surface area contributed by atoms with E-state index < -0.39 is 4.92 Å². The fourth-order valence-electron chi connectivity index (χ4n) is 1.85. The van der Waals surface area contributed by atoms with Crippen molar-refractivity contribution in [3.63, 3.8) is 0 Å². The van der Waals surface area contributed by atoms with Gasteiger partial charge in [0.1, 0.15) is 11.6 Å². The molecule has 2 rings (SSSR count). The second kappa shape index (κ2) is 4.46. The molecule has 0 radical (unpaired) electrons. The van der Waals surface area contributed by atoms with Crippen molar-refractivity contribution in [1.29, 1.82) is 0 Å². The SMILES string of the molecule is Cc1nc(NC(C)(C)C)c2cccc([N+](=O)[O-])c2n1. The number of hydrogen-bond donors (Lipinski definition) is 1. The summed E-state index contributed by atoms with van der Waals surface area (Å²) < 4.78 is 0. The van der Waals surface area contributed by atoms with Gasteiger partial charge in [0.15, 0.2) is 5.52 Å². The van der Waals surface area contributed by atoms with Crippen molar-refractivity contribution in [2.75, 3.05) is 5.32 Å². The van der Waals surface area contributed by atoms with E-state index in [1.165, 1.54) is 6.07 Å². The lowest BCUT2D eigenvalue weighted by Gasteiger charge is -2.22. The molecule has 6 heteroatoms. The van der Waals surface area contributed by atoms with E-state index in [-0.39, 0.29) is 11.2 Å². The minimum absolute atomic E-state index is 0.0000378. The first-order valence-electron chi connectivity index (χ1n) is 5.98. The van der Waals surface area contributed by atoms with Crippen molar-refractivity contribution >= 4 is 22.4 Å². The molecule has 0 fully saturated rings. The number of rotatable bonds is 2. The molecule has 0 saturated heterocycles. The van der Waals surface area contributed by atoms with Crippen molar-refractivity contribution in [1.82, 2.24) is 9.97 Å². The highest BCUT2D eigenvalue weighted by Crippen LogP contribution is 2.29. The lowest BCUT2D eigenvalue weighted by atomic mass is 10.1. The van der Waals surface area contributed by atoms with Gasteiger partial charge in [0, 0.05) is 17.0 Å². The Morgan fingerprint density at radius 2 is 1.95 bits per heavy atom. The van der Waals surface area contributed by atoms with E-state index in [2.05, 4.69) is 15.3 Å². The molecule has 0 unspecified atom stereocenters. The highest BCUT2D eigenvalue weighted by Gasteiger charge is 2.19. The highest BCUT2D eigenvalue weighted by molar-refractivity contribution is 5.95. The number of nitro benzene ring substituents is 1. The number of nitrogens with one attached hydrogen (secondary N) is 1. The number of anilines is 1. The summed E-state index contributed by atoms with van der Waals surface area (Å²) in [6.07, 6.45) is 0. The molecule has 100 valence electrons. The van der Waals surface area contributed by atoms with Crippen LogP contribution in [-0.4, -0.2) is 20.4 Å². The first kappa shape index (κ1) is 13.2. The van der Waals surface area contributed by atoms with E-state index in [4.69, 9.17) is 0 Å². The lowest BCUT2D eigenvalue weighted by molar-refractivity contribution is -0.383. The van der Waals surface area contributed by atoms with Crippen molar-refractivity contribution in [2.24, 2.45) is 0 Å². The molecular formula is C13H16N4O2. The predicted molar refractivity (Wildman–Crippen MR) is 74.3 cm³/mol. The molecule has 0 aliphatic rings. The third kappa shape index (κ3) is 2.78. The summed E-state index contributed by atoms with van der Waals surface area (Å²) in [5.41, 5.74) is 0.185. The van der Waals surface area contributed by atoms with Gasteiger partial charge in [-0.2, -0.15) is 0 Å². The number of hydrogen-bond acceptors (Lipinski definition) is 5. The summed E-state index contributed by atoms with van der Waals surface area (Å²) in [5.74, 6) is 1.13. The van der Waals surface area contributed by atoms with Crippen LogP contribution < -0.4 is 5.32 Å². The molecule has 1 aromatic carbocycles. The molecule has 6 nitrogen and oxygen atoms in total. The number of aryl methyl sites for hydroxylation is 1. The van der Waals surface area contributed by atoms with E-state index in [9.17, 15) is 10.1 Å². The number of aromatic nitrogens is 2. The number of para-hydroxylation sites is 1. The standard InChI is InChI=1S/C13H16N4O2/c1-8-14-11-9(6-5-7-10(11)17(18)19)12(15-8)16-13(2,3)4/h5-7H,1-4H3,(H,14,15,16). The normalized spacial score (nSPS) is 11.6. The summed E-state index contributed by atoms with van der Waals surface area (Å²) in [4.78, 5) is 19.2. The van der Waals surface area contributed by atoms with E-state index in [0.29, 0.717) is 22.5 Å². The van der Waals surface area contributed by atoms with Crippen molar-refractivity contribution in [2.45, 2.75) is 33.2 Å². The molecule has 0 spiro atoms. The van der Waals surface area contributed by atoms with Crippen molar-refractivity contribution in [3.8, 4) is 0 Å². The maximum absolute atomic E-state index is 11.0. The second-order valence-corrected chi connectivity index (χ2v) is 5.42. The summed E-state index contributed by atoms with van der Waals surface area (Å²) in [6, 6.07) is 4.89. The van der Waals surface area contributed by atoms with Gasteiger partial charge in [0.05, 0.1) is 4.92 Å². The molecule has 19 heavy (non-hydrogen) atoms. The van der Waals surface area contributed by atoms with Crippen molar-refractivity contribution in [3.05, 3.63) is 34.1 Å². The summed E-state index contributed by atoms with van der Waals surface area (Å²) >= 11 is 0. The van der Waals surface area contributed by atoms with Crippen LogP contribution in [-0.2, 0) is 0 Å². The van der Waals surface area contributed by atoms with E-state index in [0.717, 1.165) is 0 Å². The largest absolute Gasteiger partial charge is 0.365 e. The van der Waals surface area contributed by atoms with Crippen LogP contribution in [0.15, 0.2) is 18.2 Å². The first-order chi connectivity index (χ1) is 8.78. The van der Waals surface area contributed by atoms with Gasteiger partial charge in [-0.05, 0) is 33.8 Å². The summed E-state index contributed by atoms with van der Waals surface area (Å²) in [6.45, 7) is 7.75. The Morgan fingerprint density at radius 1 is 1.26 bits per heavy atom. The summed E-state index contributed by atoms with van der Waals surface area (Å²) in [5, 5.41) is 15.0. The second-order valence-electron chi connectivity index (χ2n) is 5.42. The molecule has 0 aliphatic carbocycles. The molecule has 0 bridgehead atoms. The molecule has 1 N–H and O–H groups in total. The Labute approximate surface area is 111 Å². The van der Waals surface area contributed by atoms with Gasteiger partial charge in [-0.3, -0.25) is 10.1 Å². The Kier molecular flexibility index (Phi) is 3.09. The zero-order valence-corrected chi connectivity index (χ0v) is 11.4. The fourth-order valence-corrected chi connectivity index (χ4v) is 1.85. The van der Waals surface area contributed by atoms with Crippen LogP contribution >= 0.6 is 0 Å². The maximum Gasteiger partial charge on any atom is 0.295 e. The van der Waals surface area contributed by atoms with E-state index >= 15 is 0 Å². The van der Waals surface area contributed by atoms with Crippen LogP contribution in [0, 0.1) is 17.0 Å². The van der Waals surface area contributed by atoms with Gasteiger partial charge in [-0.25, -0.2) is 9.97 Å². The van der Waals surface area contributed by atoms with Crippen LogP contribution in [0.2, 0.25) is 0 Å². The topological polar surface area (TPSA) is 81.0 Å². The molecule has 2 aromatic rings. The average molecular weight is 260 g/mol. The molecule has 0 amide bonds. The monoisotopic (exact) mass is 260 g/mol. The smallest absolute Gasteiger partial charge is 0.295 e. The van der Waals surface area contributed by atoms with Gasteiger partial charge in [-0.15, -0.1) is 0 Å². The number of fused-ring (bicyclic) bond motifs is 1. The van der Waals surface area contributed by atoms with E-state index in [1.807, 2.05) is 20.8 Å². The molecular weight excluding hydrogens is 244 g/mol. The van der Waals surface area contributed by atoms with Crippen molar-refractivity contribution < 1.29 is 4.92 Å². The quantitative estimate of drug-likeness (QED) is 0.663. The lowest BCUT2D eigenvalue weighted by Crippen LogP contribution is -2.27. The number of nitro groups is 1. The molecule has 1 aromatic heterocycles. The Balaban J connectivity index is 2.72. The number of benzene rings is 1.